The molecule has 0 fully saturated rings. The minimum atomic E-state index is -2.91. The number of alkyl halides is 2. The van der Waals surface area contributed by atoms with Gasteiger partial charge in [-0.2, -0.15) is 8.78 Å². The number of carbonyl (C=O) groups excluding carboxylic acids is 1. The zero-order valence-corrected chi connectivity index (χ0v) is 14.4. The number of rotatable bonds is 5. The number of aryl methyl sites for hydroxylation is 1. The molecule has 0 saturated carbocycles. The van der Waals surface area contributed by atoms with Gasteiger partial charge in [-0.3, -0.25) is 4.79 Å². The fourth-order valence-electron chi connectivity index (χ4n) is 2.76. The Kier molecular flexibility index (Phi) is 5.13. The van der Waals surface area contributed by atoms with Crippen molar-refractivity contribution in [1.82, 2.24) is 14.9 Å². The van der Waals surface area contributed by atoms with Crippen molar-refractivity contribution < 1.29 is 18.3 Å². The van der Waals surface area contributed by atoms with Gasteiger partial charge in [0.25, 0.3) is 5.91 Å². The van der Waals surface area contributed by atoms with E-state index in [0.29, 0.717) is 11.3 Å². The minimum Gasteiger partial charge on any atom is -0.434 e. The van der Waals surface area contributed by atoms with Crippen LogP contribution in [0.2, 0.25) is 0 Å². The summed E-state index contributed by atoms with van der Waals surface area (Å²) in [6, 6.07) is 4.69. The second-order valence-corrected chi connectivity index (χ2v) is 6.40. The van der Waals surface area contributed by atoms with Gasteiger partial charge in [0, 0.05) is 29.5 Å². The Labute approximate surface area is 146 Å². The van der Waals surface area contributed by atoms with Gasteiger partial charge >= 0.3 is 6.61 Å². The second kappa shape index (κ2) is 7.29. The summed E-state index contributed by atoms with van der Waals surface area (Å²) in [5, 5.41) is 2.75. The number of hydrogen-bond donors (Lipinski definition) is 1. The first kappa shape index (κ1) is 16.9. The van der Waals surface area contributed by atoms with Gasteiger partial charge in [0.15, 0.2) is 0 Å². The van der Waals surface area contributed by atoms with Crippen LogP contribution in [-0.2, 0) is 19.5 Å². The first-order valence-corrected chi connectivity index (χ1v) is 8.39. The van der Waals surface area contributed by atoms with E-state index in [1.165, 1.54) is 6.07 Å². The zero-order chi connectivity index (χ0) is 17.1. The summed E-state index contributed by atoms with van der Waals surface area (Å²) >= 11 is 3.29. The molecule has 1 N–H and O–H groups in total. The van der Waals surface area contributed by atoms with Crippen LogP contribution in [0.4, 0.5) is 8.78 Å². The van der Waals surface area contributed by atoms with Gasteiger partial charge in [-0.05, 0) is 31.0 Å². The summed E-state index contributed by atoms with van der Waals surface area (Å²) < 4.78 is 32.1. The molecule has 5 nitrogen and oxygen atoms in total. The van der Waals surface area contributed by atoms with E-state index in [2.05, 4.69) is 31.0 Å². The predicted octanol–water partition coefficient (Wildman–Crippen LogP) is 3.51. The fourth-order valence-corrected chi connectivity index (χ4v) is 3.17. The van der Waals surface area contributed by atoms with E-state index < -0.39 is 6.61 Å². The van der Waals surface area contributed by atoms with Crippen molar-refractivity contribution >= 4 is 21.8 Å². The molecule has 2 heterocycles. The number of nitrogens with zero attached hydrogens (tertiary/aromatic N) is 2. The maximum Gasteiger partial charge on any atom is 0.387 e. The Hall–Kier alpha value is -1.96. The van der Waals surface area contributed by atoms with Crippen LogP contribution in [-0.4, -0.2) is 22.1 Å². The van der Waals surface area contributed by atoms with E-state index in [9.17, 15) is 13.6 Å². The van der Waals surface area contributed by atoms with E-state index in [-0.39, 0.29) is 18.2 Å². The quantitative estimate of drug-likeness (QED) is 0.836. The van der Waals surface area contributed by atoms with Crippen molar-refractivity contribution in [3.63, 3.8) is 0 Å². The average Bonchev–Trinajstić information content (AvgIpc) is 2.98. The van der Waals surface area contributed by atoms with E-state index in [1.807, 2.05) is 4.57 Å². The van der Waals surface area contributed by atoms with Crippen molar-refractivity contribution in [2.45, 2.75) is 39.0 Å². The lowest BCUT2D eigenvalue weighted by Gasteiger charge is -2.16. The topological polar surface area (TPSA) is 56.1 Å². The van der Waals surface area contributed by atoms with Crippen LogP contribution in [0.3, 0.4) is 0 Å². The third kappa shape index (κ3) is 3.75. The molecule has 1 aromatic carbocycles. The lowest BCUT2D eigenvalue weighted by molar-refractivity contribution is -0.0504. The Bertz CT molecular complexity index is 749. The highest BCUT2D eigenvalue weighted by molar-refractivity contribution is 9.10. The smallest absolute Gasteiger partial charge is 0.387 e. The van der Waals surface area contributed by atoms with Crippen molar-refractivity contribution in [3.05, 3.63) is 46.0 Å². The van der Waals surface area contributed by atoms with Crippen molar-refractivity contribution in [2.24, 2.45) is 0 Å². The normalized spacial score (nSPS) is 13.7. The monoisotopic (exact) mass is 399 g/mol. The molecular formula is C16H16BrF2N3O2. The number of fused-ring (bicyclic) bond motifs is 1. The first-order valence-electron chi connectivity index (χ1n) is 7.60. The maximum absolute atomic E-state index is 12.5. The van der Waals surface area contributed by atoms with Crippen molar-refractivity contribution in [3.8, 4) is 5.75 Å². The molecular weight excluding hydrogens is 384 g/mol. The van der Waals surface area contributed by atoms with Crippen LogP contribution in [0.1, 0.15) is 34.7 Å². The van der Waals surface area contributed by atoms with Gasteiger partial charge in [0.1, 0.15) is 17.3 Å². The van der Waals surface area contributed by atoms with E-state index in [1.54, 1.807) is 18.3 Å². The van der Waals surface area contributed by atoms with Gasteiger partial charge in [0.05, 0.1) is 6.20 Å². The minimum absolute atomic E-state index is 0.0452. The lowest BCUT2D eigenvalue weighted by atomic mass is 10.1. The molecule has 1 aromatic heterocycles. The summed E-state index contributed by atoms with van der Waals surface area (Å²) in [4.78, 5) is 16.7. The number of imidazole rings is 1. The molecule has 3 rings (SSSR count). The first-order chi connectivity index (χ1) is 11.5. The Balaban J connectivity index is 1.72. The molecule has 8 heteroatoms. The Morgan fingerprint density at radius 2 is 2.25 bits per heavy atom. The SMILES string of the molecule is O=C(NCc1cc(Br)ccc1OC(F)F)c1cnc2n1CCCC2. The van der Waals surface area contributed by atoms with Gasteiger partial charge in [-0.1, -0.05) is 15.9 Å². The highest BCUT2D eigenvalue weighted by atomic mass is 79.9. The van der Waals surface area contributed by atoms with Gasteiger partial charge in [-0.15, -0.1) is 0 Å². The zero-order valence-electron chi connectivity index (χ0n) is 12.8. The van der Waals surface area contributed by atoms with Crippen LogP contribution in [0.25, 0.3) is 0 Å². The van der Waals surface area contributed by atoms with E-state index >= 15 is 0 Å². The van der Waals surface area contributed by atoms with E-state index in [4.69, 9.17) is 0 Å². The highest BCUT2D eigenvalue weighted by Crippen LogP contribution is 2.25. The fraction of sp³-hybridized carbons (Fsp3) is 0.375. The molecule has 2 aromatic rings. The molecule has 24 heavy (non-hydrogen) atoms. The number of amides is 1. The Morgan fingerprint density at radius 3 is 3.04 bits per heavy atom. The molecule has 0 aliphatic carbocycles. The molecule has 1 aliphatic rings. The maximum atomic E-state index is 12.5. The molecule has 0 spiro atoms. The molecule has 1 amide bonds. The molecule has 1 aliphatic heterocycles. The van der Waals surface area contributed by atoms with Crippen LogP contribution in [0.15, 0.2) is 28.9 Å². The summed E-state index contributed by atoms with van der Waals surface area (Å²) in [6.45, 7) is -2.06. The van der Waals surface area contributed by atoms with Crippen molar-refractivity contribution in [2.75, 3.05) is 0 Å². The van der Waals surface area contributed by atoms with E-state index in [0.717, 1.165) is 36.1 Å². The standard InChI is InChI=1S/C16H16BrF2N3O2/c17-11-4-5-13(24-16(18)19)10(7-11)8-21-15(23)12-9-20-14-3-1-2-6-22(12)14/h4-5,7,9,16H,1-3,6,8H2,(H,21,23). The predicted molar refractivity (Wildman–Crippen MR) is 87.1 cm³/mol. The van der Waals surface area contributed by atoms with Crippen LogP contribution in [0, 0.1) is 0 Å². The lowest BCUT2D eigenvalue weighted by Crippen LogP contribution is -2.27. The number of ether oxygens (including phenoxy) is 1. The highest BCUT2D eigenvalue weighted by Gasteiger charge is 2.19. The number of carbonyl (C=O) groups is 1. The molecule has 0 atom stereocenters. The number of aromatic nitrogens is 2. The van der Waals surface area contributed by atoms with Gasteiger partial charge in [-0.25, -0.2) is 4.98 Å². The summed E-state index contributed by atoms with van der Waals surface area (Å²) in [5.41, 5.74) is 0.965. The Morgan fingerprint density at radius 1 is 1.42 bits per heavy atom. The molecule has 0 saturated heterocycles. The second-order valence-electron chi connectivity index (χ2n) is 5.48. The molecule has 0 bridgehead atoms. The van der Waals surface area contributed by atoms with Gasteiger partial charge in [0.2, 0.25) is 0 Å². The molecule has 0 radical (unpaired) electrons. The number of hydrogen-bond acceptors (Lipinski definition) is 3. The largest absolute Gasteiger partial charge is 0.434 e. The third-order valence-corrected chi connectivity index (χ3v) is 4.37. The summed E-state index contributed by atoms with van der Waals surface area (Å²) in [6.07, 6.45) is 4.52. The van der Waals surface area contributed by atoms with Crippen molar-refractivity contribution in [1.29, 1.82) is 0 Å². The molecule has 0 unspecified atom stereocenters. The van der Waals surface area contributed by atoms with Crippen LogP contribution in [0.5, 0.6) is 5.75 Å². The average molecular weight is 400 g/mol. The summed E-state index contributed by atoms with van der Waals surface area (Å²) in [7, 11) is 0. The molecule has 128 valence electrons. The number of nitrogens with one attached hydrogen (secondary N) is 1. The van der Waals surface area contributed by atoms with Gasteiger partial charge < -0.3 is 14.6 Å². The van der Waals surface area contributed by atoms with Crippen LogP contribution < -0.4 is 10.1 Å². The third-order valence-electron chi connectivity index (χ3n) is 3.88. The summed E-state index contributed by atoms with van der Waals surface area (Å²) in [5.74, 6) is 0.679. The van der Waals surface area contributed by atoms with Crippen LogP contribution >= 0.6 is 15.9 Å². The number of halogens is 3. The number of benzene rings is 1.